The molecule has 1 aliphatic heterocycles. The summed E-state index contributed by atoms with van der Waals surface area (Å²) in [7, 11) is 1.18. The van der Waals surface area contributed by atoms with E-state index in [0.29, 0.717) is 23.5 Å². The highest BCUT2D eigenvalue weighted by Crippen LogP contribution is 2.35. The van der Waals surface area contributed by atoms with Gasteiger partial charge in [0.15, 0.2) is 11.5 Å². The van der Waals surface area contributed by atoms with E-state index in [2.05, 4.69) is 27.3 Å². The van der Waals surface area contributed by atoms with Crippen molar-refractivity contribution in [3.63, 3.8) is 0 Å². The number of amides is 2. The van der Waals surface area contributed by atoms with Gasteiger partial charge in [-0.2, -0.15) is 0 Å². The van der Waals surface area contributed by atoms with Crippen molar-refractivity contribution in [1.82, 2.24) is 4.90 Å². The van der Waals surface area contributed by atoms with E-state index in [1.807, 2.05) is 6.07 Å². The van der Waals surface area contributed by atoms with Crippen LogP contribution in [0.4, 0.5) is 4.79 Å². The first kappa shape index (κ1) is 23.8. The van der Waals surface area contributed by atoms with Gasteiger partial charge < -0.3 is 14.2 Å². The number of halogens is 1. The average molecular weight is 567 g/mol. The van der Waals surface area contributed by atoms with Crippen molar-refractivity contribution in [1.29, 1.82) is 0 Å². The molecule has 0 N–H and O–H groups in total. The predicted molar refractivity (Wildman–Crippen MR) is 126 cm³/mol. The Morgan fingerprint density at radius 3 is 2.56 bits per heavy atom. The van der Waals surface area contributed by atoms with E-state index in [0.717, 1.165) is 20.2 Å². The number of hydrogen-bond donors (Lipinski definition) is 0. The third-order valence-corrected chi connectivity index (χ3v) is 6.10. The molecule has 0 aliphatic carbocycles. The summed E-state index contributed by atoms with van der Waals surface area (Å²) in [4.78, 5) is 49.5. The molecule has 32 heavy (non-hydrogen) atoms. The normalized spacial score (nSPS) is 14.6. The standard InChI is InChI=1S/C22H18INO7S/c1-3-30-17-10-13(11-18-20(26)24(22(28)32-18)12-19(25)29-2)8-9-16(17)31-21(27)14-6-4-5-7-15(14)23/h4-11H,3,12H2,1-2H3/b18-11-. The van der Waals surface area contributed by atoms with Gasteiger partial charge in [-0.15, -0.1) is 0 Å². The van der Waals surface area contributed by atoms with Crippen LogP contribution >= 0.6 is 34.4 Å². The molecule has 0 unspecified atom stereocenters. The first-order valence-corrected chi connectivity index (χ1v) is 11.3. The topological polar surface area (TPSA) is 99.2 Å². The third-order valence-electron chi connectivity index (χ3n) is 4.25. The number of benzene rings is 2. The van der Waals surface area contributed by atoms with Gasteiger partial charge in [0.25, 0.3) is 11.1 Å². The largest absolute Gasteiger partial charge is 0.490 e. The van der Waals surface area contributed by atoms with Crippen molar-refractivity contribution in [2.24, 2.45) is 0 Å². The molecule has 8 nitrogen and oxygen atoms in total. The summed E-state index contributed by atoms with van der Waals surface area (Å²) in [5.74, 6) is -1.25. The Balaban J connectivity index is 1.84. The third kappa shape index (κ3) is 5.49. The van der Waals surface area contributed by atoms with Gasteiger partial charge in [0.2, 0.25) is 0 Å². The zero-order valence-corrected chi connectivity index (χ0v) is 20.1. The maximum atomic E-state index is 12.6. The molecule has 2 amide bonds. The van der Waals surface area contributed by atoms with Crippen LogP contribution in [0.1, 0.15) is 22.8 Å². The van der Waals surface area contributed by atoms with Crippen LogP contribution in [0.2, 0.25) is 0 Å². The van der Waals surface area contributed by atoms with Gasteiger partial charge in [0.05, 0.1) is 24.2 Å². The van der Waals surface area contributed by atoms with Gasteiger partial charge in [-0.05, 0) is 77.2 Å². The highest BCUT2D eigenvalue weighted by Gasteiger charge is 2.36. The summed E-state index contributed by atoms with van der Waals surface area (Å²) in [5.41, 5.74) is 0.991. The van der Waals surface area contributed by atoms with Crippen LogP contribution in [0.3, 0.4) is 0 Å². The lowest BCUT2D eigenvalue weighted by atomic mass is 10.1. The Bertz CT molecular complexity index is 1120. The lowest BCUT2D eigenvalue weighted by molar-refractivity contribution is -0.143. The Labute approximate surface area is 202 Å². The van der Waals surface area contributed by atoms with Crippen LogP contribution in [-0.2, 0) is 14.3 Å². The van der Waals surface area contributed by atoms with Crippen LogP contribution < -0.4 is 9.47 Å². The first-order valence-electron chi connectivity index (χ1n) is 9.39. The molecule has 0 saturated carbocycles. The molecule has 0 bridgehead atoms. The average Bonchev–Trinajstić information content (AvgIpc) is 3.03. The molecule has 0 radical (unpaired) electrons. The van der Waals surface area contributed by atoms with Gasteiger partial charge in [-0.25, -0.2) is 4.79 Å². The van der Waals surface area contributed by atoms with Crippen molar-refractivity contribution < 1.29 is 33.4 Å². The fourth-order valence-corrected chi connectivity index (χ4v) is 4.18. The van der Waals surface area contributed by atoms with Crippen molar-refractivity contribution in [3.05, 3.63) is 62.1 Å². The molecule has 1 fully saturated rings. The van der Waals surface area contributed by atoms with Crippen LogP contribution in [0.15, 0.2) is 47.4 Å². The van der Waals surface area contributed by atoms with Gasteiger partial charge in [0, 0.05) is 3.57 Å². The minimum absolute atomic E-state index is 0.157. The van der Waals surface area contributed by atoms with Crippen molar-refractivity contribution in [3.8, 4) is 11.5 Å². The number of carbonyl (C=O) groups excluding carboxylic acids is 4. The van der Waals surface area contributed by atoms with E-state index < -0.39 is 29.6 Å². The maximum Gasteiger partial charge on any atom is 0.344 e. The van der Waals surface area contributed by atoms with E-state index in [1.165, 1.54) is 13.2 Å². The van der Waals surface area contributed by atoms with E-state index in [1.54, 1.807) is 43.3 Å². The molecule has 1 heterocycles. The minimum Gasteiger partial charge on any atom is -0.490 e. The molecule has 2 aromatic rings. The fraction of sp³-hybridized carbons (Fsp3) is 0.182. The number of methoxy groups -OCH3 is 1. The van der Waals surface area contributed by atoms with E-state index in [4.69, 9.17) is 9.47 Å². The number of nitrogens with zero attached hydrogens (tertiary/aromatic N) is 1. The molecule has 1 aliphatic rings. The lowest BCUT2D eigenvalue weighted by Gasteiger charge is -2.12. The van der Waals surface area contributed by atoms with Crippen molar-refractivity contribution in [2.75, 3.05) is 20.3 Å². The molecular weight excluding hydrogens is 549 g/mol. The number of thioether (sulfide) groups is 1. The van der Waals surface area contributed by atoms with Crippen LogP contribution in [0.5, 0.6) is 11.5 Å². The molecule has 10 heteroatoms. The predicted octanol–water partition coefficient (Wildman–Crippen LogP) is 4.12. The summed E-state index contributed by atoms with van der Waals surface area (Å²) < 4.78 is 16.4. The number of rotatable bonds is 7. The summed E-state index contributed by atoms with van der Waals surface area (Å²) in [6.07, 6.45) is 1.51. The summed E-state index contributed by atoms with van der Waals surface area (Å²) in [5, 5.41) is -0.556. The van der Waals surface area contributed by atoms with Crippen LogP contribution in [0, 0.1) is 3.57 Å². The molecule has 0 atom stereocenters. The van der Waals surface area contributed by atoms with Gasteiger partial charge in [0.1, 0.15) is 6.54 Å². The lowest BCUT2D eigenvalue weighted by Crippen LogP contribution is -2.34. The second-order valence-electron chi connectivity index (χ2n) is 6.35. The molecule has 2 aromatic carbocycles. The zero-order chi connectivity index (χ0) is 23.3. The number of hydrogen-bond acceptors (Lipinski definition) is 8. The van der Waals surface area contributed by atoms with Crippen molar-refractivity contribution in [2.45, 2.75) is 6.92 Å². The van der Waals surface area contributed by atoms with Gasteiger partial charge in [-0.3, -0.25) is 19.3 Å². The van der Waals surface area contributed by atoms with Crippen molar-refractivity contribution >= 4 is 63.5 Å². The Hall–Kier alpha value is -2.86. The molecular formula is C22H18INO7S. The molecule has 0 spiro atoms. The molecule has 166 valence electrons. The highest BCUT2D eigenvalue weighted by molar-refractivity contribution is 14.1. The van der Waals surface area contributed by atoms with Crippen LogP contribution in [0.25, 0.3) is 6.08 Å². The second-order valence-corrected chi connectivity index (χ2v) is 8.51. The van der Waals surface area contributed by atoms with Crippen LogP contribution in [-0.4, -0.2) is 48.2 Å². The summed E-state index contributed by atoms with van der Waals surface area (Å²) in [6.45, 7) is 1.67. The smallest absolute Gasteiger partial charge is 0.344 e. The Morgan fingerprint density at radius 1 is 1.12 bits per heavy atom. The first-order chi connectivity index (χ1) is 15.3. The van der Waals surface area contributed by atoms with E-state index >= 15 is 0 Å². The van der Waals surface area contributed by atoms with Gasteiger partial charge in [-0.1, -0.05) is 18.2 Å². The number of imide groups is 1. The number of esters is 2. The molecule has 0 aromatic heterocycles. The van der Waals surface area contributed by atoms with Gasteiger partial charge >= 0.3 is 11.9 Å². The quantitative estimate of drug-likeness (QED) is 0.213. The summed E-state index contributed by atoms with van der Waals surface area (Å²) in [6, 6.07) is 11.8. The summed E-state index contributed by atoms with van der Waals surface area (Å²) >= 11 is 2.78. The Kier molecular flexibility index (Phi) is 7.91. The minimum atomic E-state index is -0.688. The fourth-order valence-electron chi connectivity index (χ4n) is 2.73. The maximum absolute atomic E-state index is 12.6. The molecule has 3 rings (SSSR count). The van der Waals surface area contributed by atoms with E-state index in [9.17, 15) is 19.2 Å². The number of carbonyl (C=O) groups is 4. The number of ether oxygens (including phenoxy) is 3. The highest BCUT2D eigenvalue weighted by atomic mass is 127. The molecule has 1 saturated heterocycles. The second kappa shape index (κ2) is 10.6. The SMILES string of the molecule is CCOc1cc(/C=C2\SC(=O)N(CC(=O)OC)C2=O)ccc1OC(=O)c1ccccc1I. The zero-order valence-electron chi connectivity index (χ0n) is 17.1. The van der Waals surface area contributed by atoms with E-state index in [-0.39, 0.29) is 10.7 Å². The monoisotopic (exact) mass is 567 g/mol. The Morgan fingerprint density at radius 2 is 1.88 bits per heavy atom.